The Morgan fingerprint density at radius 1 is 1.03 bits per heavy atom. The minimum atomic E-state index is -3.80. The van der Waals surface area contributed by atoms with Crippen LogP contribution in [0.2, 0.25) is 5.02 Å². The van der Waals surface area contributed by atoms with Crippen molar-refractivity contribution in [1.29, 1.82) is 0 Å². The van der Waals surface area contributed by atoms with Crippen molar-refractivity contribution in [1.82, 2.24) is 9.88 Å². The summed E-state index contributed by atoms with van der Waals surface area (Å²) in [5.41, 5.74) is 2.22. The fourth-order valence-corrected chi connectivity index (χ4v) is 5.82. The van der Waals surface area contributed by atoms with E-state index in [1.165, 1.54) is 23.5 Å². The summed E-state index contributed by atoms with van der Waals surface area (Å²) in [6.07, 6.45) is 2.14. The van der Waals surface area contributed by atoms with E-state index < -0.39 is 10.0 Å². The third kappa shape index (κ3) is 4.18. The molecule has 32 heavy (non-hydrogen) atoms. The van der Waals surface area contributed by atoms with Gasteiger partial charge in [0, 0.05) is 23.7 Å². The number of carbonyl (C=O) groups excluding carboxylic acids is 1. The largest absolute Gasteiger partial charge is 0.371 e. The first kappa shape index (κ1) is 21.5. The zero-order valence-corrected chi connectivity index (χ0v) is 19.3. The van der Waals surface area contributed by atoms with Gasteiger partial charge in [-0.05, 0) is 42.7 Å². The maximum atomic E-state index is 13.3. The van der Waals surface area contributed by atoms with Crippen molar-refractivity contribution in [3.63, 3.8) is 0 Å². The Kier molecular flexibility index (Phi) is 5.55. The maximum absolute atomic E-state index is 13.3. The summed E-state index contributed by atoms with van der Waals surface area (Å²) in [5.74, 6) is -0.113. The number of hydrogen-bond acceptors (Lipinski definition) is 6. The second kappa shape index (κ2) is 8.24. The minimum Gasteiger partial charge on any atom is -0.371 e. The summed E-state index contributed by atoms with van der Waals surface area (Å²) in [6, 6.07) is 13.5. The molecule has 0 spiro atoms. The van der Waals surface area contributed by atoms with Crippen LogP contribution in [0.25, 0.3) is 21.7 Å². The zero-order chi connectivity index (χ0) is 22.5. The Bertz CT molecular complexity index is 1260. The predicted octanol–water partition coefficient (Wildman–Crippen LogP) is 3.78. The van der Waals surface area contributed by atoms with Gasteiger partial charge in [-0.25, -0.2) is 18.5 Å². The SMILES string of the molecule is NS(=O)(=O)c1ccc(-c2sc(C(=O)N3CC4CCC(C3)O4)nc2-c2ccc(Cl)cc2)cc1. The number of likely N-dealkylation sites (tertiary alicyclic amines) is 1. The number of benzene rings is 2. The molecule has 2 aliphatic heterocycles. The molecule has 7 nitrogen and oxygen atoms in total. The summed E-state index contributed by atoms with van der Waals surface area (Å²) in [7, 11) is -3.80. The topological polar surface area (TPSA) is 103 Å². The molecule has 2 atom stereocenters. The van der Waals surface area contributed by atoms with E-state index in [9.17, 15) is 13.2 Å². The number of aromatic nitrogens is 1. The quantitative estimate of drug-likeness (QED) is 0.600. The highest BCUT2D eigenvalue weighted by molar-refractivity contribution is 7.89. The van der Waals surface area contributed by atoms with Crippen molar-refractivity contribution in [2.45, 2.75) is 29.9 Å². The zero-order valence-electron chi connectivity index (χ0n) is 16.9. The van der Waals surface area contributed by atoms with Crippen LogP contribution in [0.1, 0.15) is 22.6 Å². The maximum Gasteiger partial charge on any atom is 0.283 e. The summed E-state index contributed by atoms with van der Waals surface area (Å²) in [4.78, 5) is 20.6. The standard InChI is InChI=1S/C22H20ClN3O4S2/c23-15-5-1-13(2-6-15)19-20(14-3-9-18(10-4-14)32(24,28)29)31-21(25-19)22(27)26-11-16-7-8-17(12-26)30-16/h1-6,9-10,16-17H,7-8,11-12H2,(H2,24,28,29). The third-order valence-electron chi connectivity index (χ3n) is 5.70. The molecular formula is C22H20ClN3O4S2. The highest BCUT2D eigenvalue weighted by Crippen LogP contribution is 2.38. The van der Waals surface area contributed by atoms with Crippen molar-refractivity contribution in [2.75, 3.05) is 13.1 Å². The van der Waals surface area contributed by atoms with Gasteiger partial charge in [0.1, 0.15) is 0 Å². The molecule has 3 heterocycles. The molecule has 2 unspecified atom stereocenters. The number of carbonyl (C=O) groups is 1. The van der Waals surface area contributed by atoms with E-state index in [-0.39, 0.29) is 23.0 Å². The molecule has 10 heteroatoms. The van der Waals surface area contributed by atoms with Gasteiger partial charge in [-0.15, -0.1) is 11.3 Å². The number of rotatable bonds is 4. The van der Waals surface area contributed by atoms with E-state index in [4.69, 9.17) is 26.5 Å². The number of nitrogens with zero attached hydrogens (tertiary/aromatic N) is 2. The molecule has 1 aromatic heterocycles. The summed E-state index contributed by atoms with van der Waals surface area (Å²) in [6.45, 7) is 1.15. The smallest absolute Gasteiger partial charge is 0.283 e. The lowest BCUT2D eigenvalue weighted by Gasteiger charge is -2.31. The fraction of sp³-hybridized carbons (Fsp3) is 0.273. The van der Waals surface area contributed by atoms with E-state index >= 15 is 0 Å². The minimum absolute atomic E-state index is 0.0268. The van der Waals surface area contributed by atoms with Crippen LogP contribution >= 0.6 is 22.9 Å². The molecule has 0 aliphatic carbocycles. The first-order chi connectivity index (χ1) is 15.3. The van der Waals surface area contributed by atoms with E-state index in [1.54, 1.807) is 24.3 Å². The number of nitrogens with two attached hydrogens (primary N) is 1. The number of hydrogen-bond donors (Lipinski definition) is 1. The predicted molar refractivity (Wildman–Crippen MR) is 123 cm³/mol. The number of primary sulfonamides is 1. The van der Waals surface area contributed by atoms with Crippen molar-refractivity contribution in [2.24, 2.45) is 5.14 Å². The van der Waals surface area contributed by atoms with Crippen molar-refractivity contribution < 1.29 is 17.9 Å². The second-order valence-electron chi connectivity index (χ2n) is 7.94. The van der Waals surface area contributed by atoms with Crippen LogP contribution in [-0.4, -0.2) is 49.5 Å². The Labute approximate surface area is 194 Å². The highest BCUT2D eigenvalue weighted by Gasteiger charge is 2.37. The molecule has 166 valence electrons. The summed E-state index contributed by atoms with van der Waals surface area (Å²) < 4.78 is 29.1. The average molecular weight is 490 g/mol. The molecule has 3 aromatic rings. The van der Waals surface area contributed by atoms with Crippen LogP contribution in [0.4, 0.5) is 0 Å². The highest BCUT2D eigenvalue weighted by atomic mass is 35.5. The van der Waals surface area contributed by atoms with Gasteiger partial charge in [0.2, 0.25) is 10.0 Å². The van der Waals surface area contributed by atoms with E-state index in [2.05, 4.69) is 0 Å². The van der Waals surface area contributed by atoms with Gasteiger partial charge in [0.05, 0.1) is 27.7 Å². The molecule has 2 fully saturated rings. The summed E-state index contributed by atoms with van der Waals surface area (Å²) >= 11 is 7.34. The van der Waals surface area contributed by atoms with Crippen molar-refractivity contribution >= 4 is 38.9 Å². The molecule has 2 aromatic carbocycles. The van der Waals surface area contributed by atoms with E-state index in [1.807, 2.05) is 17.0 Å². The number of ether oxygens (including phenoxy) is 1. The molecule has 5 rings (SSSR count). The average Bonchev–Trinajstić information content (AvgIpc) is 3.36. The second-order valence-corrected chi connectivity index (χ2v) is 10.9. The lowest BCUT2D eigenvalue weighted by molar-refractivity contribution is -0.0303. The van der Waals surface area contributed by atoms with Crippen LogP contribution in [-0.2, 0) is 14.8 Å². The van der Waals surface area contributed by atoms with E-state index in [0.717, 1.165) is 28.8 Å². The molecule has 2 bridgehead atoms. The lowest BCUT2D eigenvalue weighted by atomic mass is 10.1. The van der Waals surface area contributed by atoms with Crippen LogP contribution in [0, 0.1) is 0 Å². The van der Waals surface area contributed by atoms with Gasteiger partial charge in [0.25, 0.3) is 5.91 Å². The molecule has 0 radical (unpaired) electrons. The van der Waals surface area contributed by atoms with Gasteiger partial charge in [-0.2, -0.15) is 0 Å². The van der Waals surface area contributed by atoms with Crippen LogP contribution < -0.4 is 5.14 Å². The molecule has 2 aliphatic rings. The Morgan fingerprint density at radius 3 is 2.22 bits per heavy atom. The van der Waals surface area contributed by atoms with Crippen molar-refractivity contribution in [3.8, 4) is 21.7 Å². The number of amides is 1. The summed E-state index contributed by atoms with van der Waals surface area (Å²) in [5, 5.41) is 6.21. The number of sulfonamides is 1. The fourth-order valence-electron chi connectivity index (χ4n) is 4.12. The first-order valence-electron chi connectivity index (χ1n) is 10.1. The van der Waals surface area contributed by atoms with Gasteiger partial charge >= 0.3 is 0 Å². The Morgan fingerprint density at radius 2 is 1.62 bits per heavy atom. The van der Waals surface area contributed by atoms with Gasteiger partial charge in [-0.3, -0.25) is 4.79 Å². The van der Waals surface area contributed by atoms with Crippen LogP contribution in [0.5, 0.6) is 0 Å². The number of morpholine rings is 1. The Hall–Kier alpha value is -2.30. The van der Waals surface area contributed by atoms with Gasteiger partial charge < -0.3 is 9.64 Å². The van der Waals surface area contributed by atoms with Crippen LogP contribution in [0.3, 0.4) is 0 Å². The van der Waals surface area contributed by atoms with Gasteiger partial charge in [-0.1, -0.05) is 35.9 Å². The number of fused-ring (bicyclic) bond motifs is 2. The lowest BCUT2D eigenvalue weighted by Crippen LogP contribution is -2.45. The molecule has 2 saturated heterocycles. The molecule has 0 saturated carbocycles. The van der Waals surface area contributed by atoms with Crippen molar-refractivity contribution in [3.05, 3.63) is 58.6 Å². The van der Waals surface area contributed by atoms with E-state index in [0.29, 0.717) is 28.8 Å². The molecule has 1 amide bonds. The number of thiazole rings is 1. The van der Waals surface area contributed by atoms with Gasteiger partial charge in [0.15, 0.2) is 5.01 Å². The molecule has 2 N–H and O–H groups in total. The normalized spacial score (nSPS) is 20.5. The first-order valence-corrected chi connectivity index (χ1v) is 12.9. The Balaban J connectivity index is 1.55. The van der Waals surface area contributed by atoms with Crippen LogP contribution in [0.15, 0.2) is 53.4 Å². The third-order valence-corrected chi connectivity index (χ3v) is 7.98. The monoisotopic (exact) mass is 489 g/mol. The molecular weight excluding hydrogens is 470 g/mol. The number of halogens is 1.